The van der Waals surface area contributed by atoms with Crippen LogP contribution in [0.4, 0.5) is 0 Å². The van der Waals surface area contributed by atoms with Gasteiger partial charge in [-0.25, -0.2) is 4.79 Å². The maximum atomic E-state index is 10.3. The molecule has 1 aliphatic rings. The third-order valence-electron chi connectivity index (χ3n) is 1.000. The van der Waals surface area contributed by atoms with Gasteiger partial charge in [0.1, 0.15) is 0 Å². The highest BCUT2D eigenvalue weighted by molar-refractivity contribution is 8.09. The fourth-order valence-electron chi connectivity index (χ4n) is 0.578. The summed E-state index contributed by atoms with van der Waals surface area (Å²) < 4.78 is 0.542. The molecule has 0 fully saturated rings. The average Bonchev–Trinajstić information content (AvgIpc) is 1.88. The molecule has 1 N–H and O–H groups in total. The van der Waals surface area contributed by atoms with Crippen molar-refractivity contribution in [2.45, 2.75) is 6.42 Å². The molecular weight excluding hydrogens is 172 g/mol. The lowest BCUT2D eigenvalue weighted by Gasteiger charge is -2.04. The number of carbonyl (C=O) groups is 1. The van der Waals surface area contributed by atoms with Gasteiger partial charge in [-0.1, -0.05) is 35.5 Å². The Hall–Kier alpha value is -0.410. The number of carboxylic acid groups (broad SMARTS) is 1. The molecule has 0 atom stereocenters. The first kappa shape index (κ1) is 7.69. The maximum Gasteiger partial charge on any atom is 0.342 e. The predicted octanol–water partition coefficient (Wildman–Crippen LogP) is 2.17. The van der Waals surface area contributed by atoms with Gasteiger partial charge in [0.05, 0.1) is 9.27 Å². The number of halogens is 1. The third kappa shape index (κ3) is 1.78. The summed E-state index contributed by atoms with van der Waals surface area (Å²) in [6.07, 6.45) is 4.03. The molecule has 54 valence electrons. The Bertz CT molecular complexity index is 220. The molecule has 0 spiro atoms. The van der Waals surface area contributed by atoms with E-state index in [1.165, 1.54) is 0 Å². The molecule has 0 aliphatic carbocycles. The summed E-state index contributed by atoms with van der Waals surface area (Å²) in [5.74, 6) is -0.906. The summed E-state index contributed by atoms with van der Waals surface area (Å²) >= 11 is 6.66. The van der Waals surface area contributed by atoms with Gasteiger partial charge < -0.3 is 5.11 Å². The van der Waals surface area contributed by atoms with Crippen LogP contribution in [0.1, 0.15) is 6.42 Å². The second-order valence-corrected chi connectivity index (χ2v) is 3.43. The molecule has 10 heavy (non-hydrogen) atoms. The Balaban J connectivity index is 2.66. The minimum Gasteiger partial charge on any atom is -0.477 e. The van der Waals surface area contributed by atoms with Crippen molar-refractivity contribution in [2.75, 3.05) is 0 Å². The van der Waals surface area contributed by atoms with Crippen molar-refractivity contribution in [3.05, 3.63) is 21.4 Å². The summed E-state index contributed by atoms with van der Waals surface area (Å²) in [5, 5.41) is 8.48. The van der Waals surface area contributed by atoms with Gasteiger partial charge >= 0.3 is 5.97 Å². The Morgan fingerprint density at radius 3 is 2.80 bits per heavy atom. The monoisotopic (exact) mass is 176 g/mol. The molecule has 0 aromatic heterocycles. The summed E-state index contributed by atoms with van der Waals surface area (Å²) in [6.45, 7) is 0. The van der Waals surface area contributed by atoms with Crippen LogP contribution in [0.25, 0.3) is 0 Å². The van der Waals surface area contributed by atoms with Crippen LogP contribution >= 0.6 is 23.4 Å². The van der Waals surface area contributed by atoms with Crippen molar-refractivity contribution in [2.24, 2.45) is 0 Å². The van der Waals surface area contributed by atoms with E-state index in [1.807, 2.05) is 0 Å². The zero-order valence-corrected chi connectivity index (χ0v) is 6.58. The number of rotatable bonds is 1. The molecule has 0 saturated heterocycles. The molecule has 1 aliphatic heterocycles. The van der Waals surface area contributed by atoms with Crippen LogP contribution in [-0.2, 0) is 4.79 Å². The van der Waals surface area contributed by atoms with Crippen LogP contribution in [0.15, 0.2) is 21.4 Å². The summed E-state index contributed by atoms with van der Waals surface area (Å²) in [7, 11) is 0. The van der Waals surface area contributed by atoms with Crippen LogP contribution in [0.2, 0.25) is 0 Å². The van der Waals surface area contributed by atoms with Gasteiger partial charge in [0.15, 0.2) is 0 Å². The SMILES string of the molecule is O=C(O)C1=CCC=C(Cl)S1. The molecule has 1 heterocycles. The molecule has 0 aromatic carbocycles. The standard InChI is InChI=1S/C6H5ClO2S/c7-5-3-1-2-4(10-5)6(8)9/h2-3H,1H2,(H,8,9). The van der Waals surface area contributed by atoms with E-state index in [1.54, 1.807) is 12.2 Å². The first-order valence-electron chi connectivity index (χ1n) is 2.67. The van der Waals surface area contributed by atoms with Crippen molar-refractivity contribution in [3.63, 3.8) is 0 Å². The predicted molar refractivity (Wildman–Crippen MR) is 41.9 cm³/mol. The van der Waals surface area contributed by atoms with Crippen molar-refractivity contribution in [1.82, 2.24) is 0 Å². The Morgan fingerprint density at radius 2 is 2.40 bits per heavy atom. The van der Waals surface area contributed by atoms with Gasteiger partial charge in [0.2, 0.25) is 0 Å². The minimum atomic E-state index is -0.906. The minimum absolute atomic E-state index is 0.313. The molecule has 0 aromatic rings. The van der Waals surface area contributed by atoms with Crippen molar-refractivity contribution < 1.29 is 9.90 Å². The highest BCUT2D eigenvalue weighted by Gasteiger charge is 2.11. The zero-order valence-electron chi connectivity index (χ0n) is 5.00. The highest BCUT2D eigenvalue weighted by Crippen LogP contribution is 2.32. The largest absolute Gasteiger partial charge is 0.477 e. The normalized spacial score (nSPS) is 17.7. The lowest BCUT2D eigenvalue weighted by molar-refractivity contribution is -0.131. The molecule has 0 radical (unpaired) electrons. The molecular formula is C6H5ClO2S. The van der Waals surface area contributed by atoms with Gasteiger partial charge in [0.25, 0.3) is 0 Å². The maximum absolute atomic E-state index is 10.3. The first-order valence-corrected chi connectivity index (χ1v) is 3.86. The summed E-state index contributed by atoms with van der Waals surface area (Å²) in [6, 6.07) is 0. The molecule has 4 heteroatoms. The highest BCUT2D eigenvalue weighted by atomic mass is 35.5. The van der Waals surface area contributed by atoms with E-state index in [0.29, 0.717) is 15.7 Å². The Morgan fingerprint density at radius 1 is 1.70 bits per heavy atom. The van der Waals surface area contributed by atoms with Crippen LogP contribution < -0.4 is 0 Å². The van der Waals surface area contributed by atoms with Gasteiger partial charge in [0, 0.05) is 0 Å². The van der Waals surface area contributed by atoms with E-state index >= 15 is 0 Å². The van der Waals surface area contributed by atoms with Crippen LogP contribution in [0, 0.1) is 0 Å². The quantitative estimate of drug-likeness (QED) is 0.666. The van der Waals surface area contributed by atoms with Gasteiger partial charge in [-0.05, 0) is 6.42 Å². The number of allylic oxidation sites excluding steroid dienone is 2. The molecule has 2 nitrogen and oxygen atoms in total. The van der Waals surface area contributed by atoms with E-state index in [4.69, 9.17) is 16.7 Å². The van der Waals surface area contributed by atoms with Crippen molar-refractivity contribution >= 4 is 29.3 Å². The molecule has 1 rings (SSSR count). The van der Waals surface area contributed by atoms with E-state index < -0.39 is 5.97 Å². The van der Waals surface area contributed by atoms with Crippen LogP contribution in [0.3, 0.4) is 0 Å². The Labute approximate surface area is 67.6 Å². The fourth-order valence-corrected chi connectivity index (χ4v) is 1.57. The van der Waals surface area contributed by atoms with Crippen molar-refractivity contribution in [3.8, 4) is 0 Å². The van der Waals surface area contributed by atoms with Crippen molar-refractivity contribution in [1.29, 1.82) is 0 Å². The zero-order chi connectivity index (χ0) is 7.56. The van der Waals surface area contributed by atoms with Crippen LogP contribution in [-0.4, -0.2) is 11.1 Å². The van der Waals surface area contributed by atoms with E-state index in [-0.39, 0.29) is 0 Å². The van der Waals surface area contributed by atoms with Gasteiger partial charge in [-0.2, -0.15) is 0 Å². The molecule has 0 amide bonds. The number of thioether (sulfide) groups is 1. The Kier molecular flexibility index (Phi) is 2.40. The molecule has 0 saturated carbocycles. The molecule has 0 unspecified atom stereocenters. The number of hydrogen-bond donors (Lipinski definition) is 1. The topological polar surface area (TPSA) is 37.3 Å². The first-order chi connectivity index (χ1) is 4.70. The second-order valence-electron chi connectivity index (χ2n) is 1.72. The van der Waals surface area contributed by atoms with Gasteiger partial charge in [-0.3, -0.25) is 0 Å². The lowest BCUT2D eigenvalue weighted by atomic mass is 10.3. The van der Waals surface area contributed by atoms with Gasteiger partial charge in [-0.15, -0.1) is 0 Å². The lowest BCUT2D eigenvalue weighted by Crippen LogP contribution is -1.97. The number of aliphatic carboxylic acids is 1. The fraction of sp³-hybridized carbons (Fsp3) is 0.167. The van der Waals surface area contributed by atoms with Crippen LogP contribution in [0.5, 0.6) is 0 Å². The van der Waals surface area contributed by atoms with E-state index in [0.717, 1.165) is 11.8 Å². The summed E-state index contributed by atoms with van der Waals surface area (Å²) in [4.78, 5) is 10.6. The number of hydrogen-bond acceptors (Lipinski definition) is 2. The van der Waals surface area contributed by atoms with E-state index in [9.17, 15) is 4.79 Å². The summed E-state index contributed by atoms with van der Waals surface area (Å²) in [5.41, 5.74) is 0. The number of carboxylic acids is 1. The van der Waals surface area contributed by atoms with E-state index in [2.05, 4.69) is 0 Å². The average molecular weight is 177 g/mol. The second kappa shape index (κ2) is 3.12. The smallest absolute Gasteiger partial charge is 0.342 e. The third-order valence-corrected chi connectivity index (χ3v) is 2.31. The molecule has 0 bridgehead atoms.